The lowest BCUT2D eigenvalue weighted by Crippen LogP contribution is -2.33. The smallest absolute Gasteiger partial charge is 0.340 e. The number of para-hydroxylation sites is 1. The van der Waals surface area contributed by atoms with Crippen molar-refractivity contribution < 1.29 is 28.7 Å². The number of rotatable bonds is 8. The van der Waals surface area contributed by atoms with E-state index in [1.807, 2.05) is 6.92 Å². The van der Waals surface area contributed by atoms with E-state index in [1.165, 1.54) is 18.2 Å². The fourth-order valence-corrected chi connectivity index (χ4v) is 3.24. The topological polar surface area (TPSA) is 102 Å². The lowest BCUT2D eigenvalue weighted by molar-refractivity contribution is -0.120. The third kappa shape index (κ3) is 4.65. The second-order valence-corrected chi connectivity index (χ2v) is 7.09. The highest BCUT2D eigenvalue weighted by Crippen LogP contribution is 2.32. The Morgan fingerprint density at radius 2 is 1.72 bits per heavy atom. The first-order valence-corrected chi connectivity index (χ1v) is 10.4. The first-order valence-electron chi connectivity index (χ1n) is 9.97. The molecule has 2 aromatic carbocycles. The summed E-state index contributed by atoms with van der Waals surface area (Å²) in [6.45, 7) is 3.96. The first kappa shape index (κ1) is 23.0. The van der Waals surface area contributed by atoms with Gasteiger partial charge in [0, 0.05) is 5.69 Å². The van der Waals surface area contributed by atoms with Gasteiger partial charge in [0.05, 0.1) is 30.0 Å². The second-order valence-electron chi connectivity index (χ2n) is 6.71. The summed E-state index contributed by atoms with van der Waals surface area (Å²) < 4.78 is 10.1. The molecule has 0 saturated carbocycles. The molecule has 0 saturated heterocycles. The number of benzene rings is 2. The van der Waals surface area contributed by atoms with Crippen LogP contribution in [0.15, 0.2) is 59.3 Å². The third-order valence-corrected chi connectivity index (χ3v) is 4.82. The average Bonchev–Trinajstić information content (AvgIpc) is 3.00. The Bertz CT molecular complexity index is 1110. The molecule has 0 unspecified atom stereocenters. The van der Waals surface area contributed by atoms with E-state index >= 15 is 0 Å². The molecule has 2 aromatic rings. The molecule has 32 heavy (non-hydrogen) atoms. The van der Waals surface area contributed by atoms with Crippen molar-refractivity contribution in [2.24, 2.45) is 0 Å². The van der Waals surface area contributed by atoms with E-state index < -0.39 is 23.8 Å². The van der Waals surface area contributed by atoms with Crippen molar-refractivity contribution in [1.82, 2.24) is 0 Å². The molecule has 0 atom stereocenters. The van der Waals surface area contributed by atoms with E-state index in [0.29, 0.717) is 12.1 Å². The summed E-state index contributed by atoms with van der Waals surface area (Å²) in [6.07, 6.45) is 0.686. The van der Waals surface area contributed by atoms with Gasteiger partial charge in [0.2, 0.25) is 0 Å². The minimum atomic E-state index is -0.783. The van der Waals surface area contributed by atoms with Crippen molar-refractivity contribution in [1.29, 1.82) is 0 Å². The highest BCUT2D eigenvalue weighted by Gasteiger charge is 2.40. The SMILES string of the molecule is CCCOC(=O)c1cccc(NC2=C(Cl)C(=O)N(c3ccccc3C(=O)OCC)C2=O)c1. The van der Waals surface area contributed by atoms with Crippen LogP contribution in [0.2, 0.25) is 0 Å². The third-order valence-electron chi connectivity index (χ3n) is 4.47. The van der Waals surface area contributed by atoms with Gasteiger partial charge >= 0.3 is 11.9 Å². The van der Waals surface area contributed by atoms with Gasteiger partial charge in [-0.1, -0.05) is 36.7 Å². The summed E-state index contributed by atoms with van der Waals surface area (Å²) in [5, 5.41) is 2.47. The molecule has 0 fully saturated rings. The summed E-state index contributed by atoms with van der Waals surface area (Å²) in [5.41, 5.74) is 0.594. The largest absolute Gasteiger partial charge is 0.462 e. The molecule has 1 aliphatic rings. The van der Waals surface area contributed by atoms with Crippen LogP contribution in [-0.4, -0.2) is 37.0 Å². The molecule has 2 amide bonds. The number of carbonyl (C=O) groups is 4. The Morgan fingerprint density at radius 1 is 0.969 bits per heavy atom. The van der Waals surface area contributed by atoms with Gasteiger partial charge in [0.15, 0.2) is 0 Å². The van der Waals surface area contributed by atoms with Gasteiger partial charge in [-0.15, -0.1) is 0 Å². The summed E-state index contributed by atoms with van der Waals surface area (Å²) in [5.74, 6) is -2.70. The van der Waals surface area contributed by atoms with Crippen molar-refractivity contribution >= 4 is 46.7 Å². The molecule has 0 aliphatic carbocycles. The van der Waals surface area contributed by atoms with Gasteiger partial charge in [-0.3, -0.25) is 9.59 Å². The minimum Gasteiger partial charge on any atom is -0.462 e. The molecule has 0 radical (unpaired) electrons. The maximum absolute atomic E-state index is 13.1. The number of ether oxygens (including phenoxy) is 2. The van der Waals surface area contributed by atoms with E-state index in [4.69, 9.17) is 21.1 Å². The average molecular weight is 457 g/mol. The molecular formula is C23H21ClN2O6. The molecule has 1 N–H and O–H groups in total. The van der Waals surface area contributed by atoms with Gasteiger partial charge in [0.25, 0.3) is 11.8 Å². The highest BCUT2D eigenvalue weighted by molar-refractivity contribution is 6.53. The molecular weight excluding hydrogens is 436 g/mol. The lowest BCUT2D eigenvalue weighted by Gasteiger charge is -2.18. The Labute approximate surface area is 189 Å². The van der Waals surface area contributed by atoms with Gasteiger partial charge < -0.3 is 14.8 Å². The maximum Gasteiger partial charge on any atom is 0.340 e. The van der Waals surface area contributed by atoms with Crippen molar-refractivity contribution in [2.45, 2.75) is 20.3 Å². The van der Waals surface area contributed by atoms with E-state index in [9.17, 15) is 19.2 Å². The molecule has 166 valence electrons. The number of nitrogens with zero attached hydrogens (tertiary/aromatic N) is 1. The highest BCUT2D eigenvalue weighted by atomic mass is 35.5. The molecule has 0 bridgehead atoms. The van der Waals surface area contributed by atoms with Crippen molar-refractivity contribution in [2.75, 3.05) is 23.4 Å². The van der Waals surface area contributed by atoms with Crippen molar-refractivity contribution in [3.63, 3.8) is 0 Å². The van der Waals surface area contributed by atoms with Crippen molar-refractivity contribution in [3.05, 3.63) is 70.4 Å². The molecule has 9 heteroatoms. The fourth-order valence-electron chi connectivity index (χ4n) is 3.03. The summed E-state index contributed by atoms with van der Waals surface area (Å²) >= 11 is 6.18. The van der Waals surface area contributed by atoms with E-state index in [2.05, 4.69) is 5.32 Å². The number of carbonyl (C=O) groups excluding carboxylic acids is 4. The van der Waals surface area contributed by atoms with Crippen molar-refractivity contribution in [3.8, 4) is 0 Å². The van der Waals surface area contributed by atoms with Crippen LogP contribution in [0.3, 0.4) is 0 Å². The van der Waals surface area contributed by atoms with Crippen LogP contribution in [0.1, 0.15) is 41.0 Å². The Morgan fingerprint density at radius 3 is 2.44 bits per heavy atom. The first-order chi connectivity index (χ1) is 15.4. The van der Waals surface area contributed by atoms with Crippen LogP contribution >= 0.6 is 11.6 Å². The normalized spacial score (nSPS) is 13.4. The van der Waals surface area contributed by atoms with Crippen LogP contribution in [0.5, 0.6) is 0 Å². The standard InChI is InChI=1S/C23H21ClN2O6/c1-3-12-32-22(29)14-8-7-9-15(13-14)25-19-18(24)20(27)26(21(19)28)17-11-6-5-10-16(17)23(30)31-4-2/h5-11,13,25H,3-4,12H2,1-2H3. The zero-order valence-electron chi connectivity index (χ0n) is 17.5. The molecule has 0 aromatic heterocycles. The van der Waals surface area contributed by atoms with Gasteiger partial charge in [-0.2, -0.15) is 0 Å². The molecule has 0 spiro atoms. The van der Waals surface area contributed by atoms with Crippen LogP contribution in [0.25, 0.3) is 0 Å². The maximum atomic E-state index is 13.1. The van der Waals surface area contributed by atoms with Crippen LogP contribution < -0.4 is 10.2 Å². The lowest BCUT2D eigenvalue weighted by atomic mass is 10.1. The monoisotopic (exact) mass is 456 g/mol. The van der Waals surface area contributed by atoms with Crippen LogP contribution in [0, 0.1) is 0 Å². The predicted molar refractivity (Wildman–Crippen MR) is 118 cm³/mol. The zero-order chi connectivity index (χ0) is 23.3. The number of esters is 2. The quantitative estimate of drug-likeness (QED) is 0.475. The molecule has 3 rings (SSSR count). The van der Waals surface area contributed by atoms with E-state index in [0.717, 1.165) is 4.90 Å². The molecule has 8 nitrogen and oxygen atoms in total. The Hall–Kier alpha value is -3.65. The number of anilines is 2. The number of halogens is 1. The minimum absolute atomic E-state index is 0.0578. The summed E-state index contributed by atoms with van der Waals surface area (Å²) in [6, 6.07) is 12.4. The van der Waals surface area contributed by atoms with Gasteiger partial charge in [-0.05, 0) is 43.7 Å². The van der Waals surface area contributed by atoms with E-state index in [-0.39, 0.29) is 40.8 Å². The van der Waals surface area contributed by atoms with Gasteiger partial charge in [-0.25, -0.2) is 14.5 Å². The number of amides is 2. The molecule has 1 heterocycles. The number of hydrogen-bond donors (Lipinski definition) is 1. The van der Waals surface area contributed by atoms with Gasteiger partial charge in [0.1, 0.15) is 10.7 Å². The summed E-state index contributed by atoms with van der Waals surface area (Å²) in [4.78, 5) is 51.1. The predicted octanol–water partition coefficient (Wildman–Crippen LogP) is 3.87. The van der Waals surface area contributed by atoms with Crippen LogP contribution in [-0.2, 0) is 19.1 Å². The summed E-state index contributed by atoms with van der Waals surface area (Å²) in [7, 11) is 0. The number of nitrogens with one attached hydrogen (secondary N) is 1. The van der Waals surface area contributed by atoms with Crippen LogP contribution in [0.4, 0.5) is 11.4 Å². The number of imide groups is 1. The Balaban J connectivity index is 1.88. The Kier molecular flexibility index (Phi) is 7.27. The zero-order valence-corrected chi connectivity index (χ0v) is 18.3. The fraction of sp³-hybridized carbons (Fsp3) is 0.217. The molecule has 1 aliphatic heterocycles. The van der Waals surface area contributed by atoms with E-state index in [1.54, 1.807) is 37.3 Å². The number of hydrogen-bond acceptors (Lipinski definition) is 7. The second kappa shape index (κ2) is 10.1.